The zero-order chi connectivity index (χ0) is 12.7. The molecule has 0 unspecified atom stereocenters. The van der Waals surface area contributed by atoms with Crippen molar-refractivity contribution in [1.82, 2.24) is 9.29 Å². The van der Waals surface area contributed by atoms with E-state index in [0.717, 1.165) is 5.69 Å². The van der Waals surface area contributed by atoms with Crippen LogP contribution in [0.15, 0.2) is 24.4 Å². The van der Waals surface area contributed by atoms with Crippen molar-refractivity contribution >= 4 is 10.0 Å². The smallest absolute Gasteiger partial charge is 0.214 e. The van der Waals surface area contributed by atoms with Crippen molar-refractivity contribution in [3.8, 4) is 0 Å². The van der Waals surface area contributed by atoms with Crippen LogP contribution in [0.3, 0.4) is 0 Å². The number of hydrogen-bond donors (Lipinski definition) is 1. The van der Waals surface area contributed by atoms with Crippen LogP contribution in [-0.4, -0.2) is 43.6 Å². The molecule has 96 valence electrons. The lowest BCUT2D eigenvalue weighted by Crippen LogP contribution is -2.31. The summed E-state index contributed by atoms with van der Waals surface area (Å²) in [7, 11) is -1.61. The molecule has 0 amide bonds. The first-order valence-electron chi connectivity index (χ1n) is 5.60. The van der Waals surface area contributed by atoms with Crippen molar-refractivity contribution in [2.45, 2.75) is 12.8 Å². The quantitative estimate of drug-likeness (QED) is 0.759. The van der Waals surface area contributed by atoms with Gasteiger partial charge in [0, 0.05) is 31.9 Å². The van der Waals surface area contributed by atoms with Gasteiger partial charge >= 0.3 is 0 Å². The molecule has 0 bridgehead atoms. The predicted octanol–water partition coefficient (Wildman–Crippen LogP) is 0.235. The van der Waals surface area contributed by atoms with Gasteiger partial charge in [0.15, 0.2) is 0 Å². The third kappa shape index (κ3) is 4.80. The van der Waals surface area contributed by atoms with Gasteiger partial charge < -0.3 is 5.73 Å². The summed E-state index contributed by atoms with van der Waals surface area (Å²) in [6.45, 7) is 0.973. The Morgan fingerprint density at radius 1 is 1.41 bits per heavy atom. The van der Waals surface area contributed by atoms with Gasteiger partial charge in [0.05, 0.1) is 5.75 Å². The highest BCUT2D eigenvalue weighted by atomic mass is 32.2. The Labute approximate surface area is 103 Å². The summed E-state index contributed by atoms with van der Waals surface area (Å²) < 4.78 is 25.1. The molecular formula is C11H19N3O2S. The molecule has 0 saturated carbocycles. The lowest BCUT2D eigenvalue weighted by Gasteiger charge is -2.16. The zero-order valence-electron chi connectivity index (χ0n) is 10.0. The Morgan fingerprint density at radius 3 is 2.76 bits per heavy atom. The lowest BCUT2D eigenvalue weighted by atomic mass is 10.3. The van der Waals surface area contributed by atoms with E-state index in [1.54, 1.807) is 13.2 Å². The van der Waals surface area contributed by atoms with Gasteiger partial charge in [-0.25, -0.2) is 12.7 Å². The van der Waals surface area contributed by atoms with Crippen LogP contribution in [-0.2, 0) is 16.4 Å². The standard InChI is InChI=1S/C11H19N3O2S/c1-14(9-4-7-12)17(15,16)10-6-11-5-2-3-8-13-11/h2-3,5,8H,4,6-7,9-10,12H2,1H3. The summed E-state index contributed by atoms with van der Waals surface area (Å²) in [5, 5.41) is 0. The lowest BCUT2D eigenvalue weighted by molar-refractivity contribution is 0.463. The van der Waals surface area contributed by atoms with E-state index in [-0.39, 0.29) is 5.75 Å². The summed E-state index contributed by atoms with van der Waals surface area (Å²) in [4.78, 5) is 4.10. The third-order valence-corrected chi connectivity index (χ3v) is 4.35. The van der Waals surface area contributed by atoms with Crippen molar-refractivity contribution < 1.29 is 8.42 Å². The molecule has 2 N–H and O–H groups in total. The highest BCUT2D eigenvalue weighted by Crippen LogP contribution is 2.03. The van der Waals surface area contributed by atoms with Crippen LogP contribution in [0.5, 0.6) is 0 Å². The van der Waals surface area contributed by atoms with Crippen molar-refractivity contribution in [2.24, 2.45) is 5.73 Å². The van der Waals surface area contributed by atoms with E-state index in [4.69, 9.17) is 5.73 Å². The highest BCUT2D eigenvalue weighted by Gasteiger charge is 2.17. The average Bonchev–Trinajstić information content (AvgIpc) is 2.35. The van der Waals surface area contributed by atoms with E-state index in [1.807, 2.05) is 18.2 Å². The average molecular weight is 257 g/mol. The molecule has 0 fully saturated rings. The third-order valence-electron chi connectivity index (χ3n) is 2.49. The fourth-order valence-electron chi connectivity index (χ4n) is 1.39. The van der Waals surface area contributed by atoms with Crippen molar-refractivity contribution in [1.29, 1.82) is 0 Å². The molecule has 6 heteroatoms. The number of aryl methyl sites for hydroxylation is 1. The fourth-order valence-corrected chi connectivity index (χ4v) is 2.57. The number of pyridine rings is 1. The van der Waals surface area contributed by atoms with Crippen LogP contribution >= 0.6 is 0 Å². The minimum absolute atomic E-state index is 0.0884. The molecule has 1 aromatic heterocycles. The maximum Gasteiger partial charge on any atom is 0.214 e. The van der Waals surface area contributed by atoms with Gasteiger partial charge in [-0.2, -0.15) is 0 Å². The van der Waals surface area contributed by atoms with E-state index in [2.05, 4.69) is 4.98 Å². The van der Waals surface area contributed by atoms with Crippen LogP contribution in [0.25, 0.3) is 0 Å². The maximum atomic E-state index is 11.9. The summed E-state index contributed by atoms with van der Waals surface area (Å²) in [5.41, 5.74) is 6.15. The number of aromatic nitrogens is 1. The van der Waals surface area contributed by atoms with E-state index in [1.165, 1.54) is 4.31 Å². The molecule has 0 aromatic carbocycles. The normalized spacial score (nSPS) is 11.9. The Balaban J connectivity index is 2.50. The minimum Gasteiger partial charge on any atom is -0.330 e. The topological polar surface area (TPSA) is 76.3 Å². The molecule has 0 aliphatic heterocycles. The second kappa shape index (κ2) is 6.68. The second-order valence-corrected chi connectivity index (χ2v) is 6.05. The van der Waals surface area contributed by atoms with Crippen LogP contribution in [0.1, 0.15) is 12.1 Å². The monoisotopic (exact) mass is 257 g/mol. The first-order valence-corrected chi connectivity index (χ1v) is 7.21. The molecule has 17 heavy (non-hydrogen) atoms. The largest absolute Gasteiger partial charge is 0.330 e. The van der Waals surface area contributed by atoms with Crippen molar-refractivity contribution in [3.05, 3.63) is 30.1 Å². The molecule has 1 rings (SSSR count). The summed E-state index contributed by atoms with van der Waals surface area (Å²) in [6, 6.07) is 5.49. The van der Waals surface area contributed by atoms with Gasteiger partial charge in [0.25, 0.3) is 0 Å². The van der Waals surface area contributed by atoms with E-state index < -0.39 is 10.0 Å². The molecule has 0 aliphatic rings. The van der Waals surface area contributed by atoms with Crippen LogP contribution in [0.4, 0.5) is 0 Å². The Hall–Kier alpha value is -0.980. The number of nitrogens with two attached hydrogens (primary N) is 1. The minimum atomic E-state index is -3.19. The Morgan fingerprint density at radius 2 is 2.18 bits per heavy atom. The first kappa shape index (κ1) is 14.1. The van der Waals surface area contributed by atoms with Gasteiger partial charge in [-0.3, -0.25) is 4.98 Å². The van der Waals surface area contributed by atoms with Gasteiger partial charge in [-0.1, -0.05) is 6.07 Å². The van der Waals surface area contributed by atoms with Gasteiger partial charge in [-0.15, -0.1) is 0 Å². The predicted molar refractivity (Wildman–Crippen MR) is 68.0 cm³/mol. The van der Waals surface area contributed by atoms with Gasteiger partial charge in [-0.05, 0) is 25.1 Å². The zero-order valence-corrected chi connectivity index (χ0v) is 10.9. The van der Waals surface area contributed by atoms with Crippen LogP contribution in [0.2, 0.25) is 0 Å². The fraction of sp³-hybridized carbons (Fsp3) is 0.545. The van der Waals surface area contributed by atoms with Gasteiger partial charge in [0.1, 0.15) is 0 Å². The van der Waals surface area contributed by atoms with Crippen LogP contribution in [0, 0.1) is 0 Å². The molecule has 0 atom stereocenters. The summed E-state index contributed by atoms with van der Waals surface area (Å²) >= 11 is 0. The maximum absolute atomic E-state index is 11.9. The first-order chi connectivity index (χ1) is 8.06. The Kier molecular flexibility index (Phi) is 5.54. The molecule has 1 aromatic rings. The van der Waals surface area contributed by atoms with Crippen LogP contribution < -0.4 is 5.73 Å². The summed E-state index contributed by atoms with van der Waals surface area (Å²) in [5.74, 6) is 0.0884. The molecule has 1 heterocycles. The molecule has 0 radical (unpaired) electrons. The number of hydrogen-bond acceptors (Lipinski definition) is 4. The molecular weight excluding hydrogens is 238 g/mol. The molecule has 0 spiro atoms. The second-order valence-electron chi connectivity index (χ2n) is 3.85. The summed E-state index contributed by atoms with van der Waals surface area (Å²) in [6.07, 6.45) is 2.79. The number of rotatable bonds is 7. The van der Waals surface area contributed by atoms with Crippen molar-refractivity contribution in [2.75, 3.05) is 25.9 Å². The number of nitrogens with zero attached hydrogens (tertiary/aromatic N) is 2. The molecule has 5 nitrogen and oxygen atoms in total. The highest BCUT2D eigenvalue weighted by molar-refractivity contribution is 7.89. The SMILES string of the molecule is CN(CCCN)S(=O)(=O)CCc1ccccn1. The van der Waals surface area contributed by atoms with E-state index in [9.17, 15) is 8.42 Å². The molecule has 0 saturated heterocycles. The molecule has 0 aliphatic carbocycles. The van der Waals surface area contributed by atoms with Crippen molar-refractivity contribution in [3.63, 3.8) is 0 Å². The Bertz CT molecular complexity index is 420. The van der Waals surface area contributed by atoms with Gasteiger partial charge in [0.2, 0.25) is 10.0 Å². The van der Waals surface area contributed by atoms with E-state index >= 15 is 0 Å². The van der Waals surface area contributed by atoms with E-state index in [0.29, 0.717) is 25.9 Å². The number of sulfonamides is 1.